The molecule has 1 saturated heterocycles. The van der Waals surface area contributed by atoms with Crippen LogP contribution in [-0.4, -0.2) is 46.1 Å². The maximum absolute atomic E-state index is 12.3. The second-order valence-corrected chi connectivity index (χ2v) is 6.70. The maximum atomic E-state index is 12.3. The van der Waals surface area contributed by atoms with Crippen LogP contribution in [0.15, 0.2) is 12.1 Å². The number of thioether (sulfide) groups is 1. The Morgan fingerprint density at radius 3 is 2.48 bits per heavy atom. The zero-order chi connectivity index (χ0) is 15.6. The highest BCUT2D eigenvalue weighted by molar-refractivity contribution is 7.99. The van der Waals surface area contributed by atoms with Crippen molar-refractivity contribution in [3.05, 3.63) is 27.2 Å². The van der Waals surface area contributed by atoms with Gasteiger partial charge in [0.25, 0.3) is 0 Å². The summed E-state index contributed by atoms with van der Waals surface area (Å²) in [5, 5.41) is 12.5. The molecule has 0 aliphatic carbocycles. The van der Waals surface area contributed by atoms with Crippen molar-refractivity contribution < 1.29 is 14.7 Å². The van der Waals surface area contributed by atoms with Gasteiger partial charge < -0.3 is 15.3 Å². The van der Waals surface area contributed by atoms with E-state index in [1.807, 2.05) is 0 Å². The molecule has 114 valence electrons. The molecule has 0 aromatic heterocycles. The number of carboxylic acid groups (broad SMARTS) is 1. The lowest BCUT2D eigenvalue weighted by Crippen LogP contribution is -2.51. The fourth-order valence-corrected chi connectivity index (χ4v) is 3.84. The van der Waals surface area contributed by atoms with Crippen LogP contribution in [0.2, 0.25) is 15.1 Å². The molecule has 0 saturated carbocycles. The van der Waals surface area contributed by atoms with Gasteiger partial charge in [0.05, 0.1) is 15.7 Å². The summed E-state index contributed by atoms with van der Waals surface area (Å²) in [5.41, 5.74) is 0.218. The fraction of sp³-hybridized carbons (Fsp3) is 0.333. The van der Waals surface area contributed by atoms with Crippen LogP contribution < -0.4 is 5.32 Å². The fourth-order valence-electron chi connectivity index (χ4n) is 1.89. The number of carboxylic acids is 1. The molecule has 1 unspecified atom stereocenters. The van der Waals surface area contributed by atoms with Crippen molar-refractivity contribution in [2.45, 2.75) is 6.04 Å². The number of hydrogen-bond donors (Lipinski definition) is 2. The van der Waals surface area contributed by atoms with Crippen molar-refractivity contribution >= 4 is 64.3 Å². The molecule has 1 fully saturated rings. The van der Waals surface area contributed by atoms with Gasteiger partial charge in [0.1, 0.15) is 6.04 Å². The molecule has 0 radical (unpaired) electrons. The first-order valence-electron chi connectivity index (χ1n) is 5.93. The maximum Gasteiger partial charge on any atom is 0.327 e. The molecule has 2 rings (SSSR count). The summed E-state index contributed by atoms with van der Waals surface area (Å²) in [4.78, 5) is 24.7. The van der Waals surface area contributed by atoms with E-state index in [1.54, 1.807) is 0 Å². The Hall–Kier alpha value is -0.820. The largest absolute Gasteiger partial charge is 0.480 e. The minimum absolute atomic E-state index is 0.194. The van der Waals surface area contributed by atoms with E-state index in [9.17, 15) is 9.59 Å². The third-order valence-corrected chi connectivity index (χ3v) is 4.75. The number of carbonyl (C=O) groups excluding carboxylic acids is 1. The Balaban J connectivity index is 2.19. The molecule has 2 amide bonds. The first-order valence-corrected chi connectivity index (χ1v) is 8.21. The van der Waals surface area contributed by atoms with Crippen molar-refractivity contribution in [1.29, 1.82) is 0 Å². The molecule has 1 aromatic rings. The van der Waals surface area contributed by atoms with E-state index in [1.165, 1.54) is 28.8 Å². The quantitative estimate of drug-likeness (QED) is 0.834. The van der Waals surface area contributed by atoms with Gasteiger partial charge in [0, 0.05) is 23.1 Å². The molecule has 0 spiro atoms. The van der Waals surface area contributed by atoms with Crippen molar-refractivity contribution in [3.63, 3.8) is 0 Å². The number of halogens is 3. The van der Waals surface area contributed by atoms with E-state index in [0.717, 1.165) is 0 Å². The zero-order valence-electron chi connectivity index (χ0n) is 10.6. The minimum Gasteiger partial charge on any atom is -0.480 e. The number of benzene rings is 1. The van der Waals surface area contributed by atoms with E-state index in [4.69, 9.17) is 39.9 Å². The third-order valence-electron chi connectivity index (χ3n) is 2.91. The predicted molar refractivity (Wildman–Crippen MR) is 85.9 cm³/mol. The molecule has 1 heterocycles. The Morgan fingerprint density at radius 2 is 1.90 bits per heavy atom. The van der Waals surface area contributed by atoms with Crippen molar-refractivity contribution in [1.82, 2.24) is 4.90 Å². The van der Waals surface area contributed by atoms with Gasteiger partial charge in [-0.1, -0.05) is 34.8 Å². The molecule has 1 aliphatic heterocycles. The van der Waals surface area contributed by atoms with Gasteiger partial charge in [0.15, 0.2) is 0 Å². The summed E-state index contributed by atoms with van der Waals surface area (Å²) in [5.74, 6) is -0.00457. The van der Waals surface area contributed by atoms with E-state index >= 15 is 0 Å². The van der Waals surface area contributed by atoms with E-state index in [-0.39, 0.29) is 15.7 Å². The van der Waals surface area contributed by atoms with Gasteiger partial charge in [-0.3, -0.25) is 0 Å². The number of urea groups is 1. The summed E-state index contributed by atoms with van der Waals surface area (Å²) >= 11 is 19.3. The van der Waals surface area contributed by atoms with Gasteiger partial charge >= 0.3 is 12.0 Å². The number of nitrogens with one attached hydrogen (secondary N) is 1. The highest BCUT2D eigenvalue weighted by Gasteiger charge is 2.32. The Bertz CT molecular complexity index is 562. The number of hydrogen-bond acceptors (Lipinski definition) is 3. The normalized spacial score (nSPS) is 18.4. The van der Waals surface area contributed by atoms with Crippen LogP contribution in [0.4, 0.5) is 10.5 Å². The number of anilines is 1. The molecule has 9 heteroatoms. The lowest BCUT2D eigenvalue weighted by molar-refractivity contribution is -0.141. The highest BCUT2D eigenvalue weighted by Crippen LogP contribution is 2.34. The predicted octanol–water partition coefficient (Wildman–Crippen LogP) is 3.68. The first-order chi connectivity index (χ1) is 9.90. The summed E-state index contributed by atoms with van der Waals surface area (Å²) in [6, 6.07) is 1.49. The van der Waals surface area contributed by atoms with Crippen molar-refractivity contribution in [2.24, 2.45) is 0 Å². The minimum atomic E-state index is -1.04. The number of aliphatic carboxylic acids is 1. The van der Waals surface area contributed by atoms with Crippen LogP contribution in [0.3, 0.4) is 0 Å². The third kappa shape index (κ3) is 3.88. The van der Waals surface area contributed by atoms with Crippen molar-refractivity contribution in [2.75, 3.05) is 23.4 Å². The Morgan fingerprint density at radius 1 is 1.29 bits per heavy atom. The molecule has 5 nitrogen and oxygen atoms in total. The first kappa shape index (κ1) is 16.5. The zero-order valence-corrected chi connectivity index (χ0v) is 13.7. The molecule has 21 heavy (non-hydrogen) atoms. The van der Waals surface area contributed by atoms with E-state index in [0.29, 0.717) is 23.1 Å². The smallest absolute Gasteiger partial charge is 0.327 e. The number of rotatable bonds is 2. The van der Waals surface area contributed by atoms with E-state index < -0.39 is 18.0 Å². The SMILES string of the molecule is O=C(O)C1CSCCN1C(=O)Nc1c(Cl)cc(Cl)cc1Cl. The van der Waals surface area contributed by atoms with Gasteiger partial charge in [-0.2, -0.15) is 11.8 Å². The van der Waals surface area contributed by atoms with Crippen LogP contribution in [0, 0.1) is 0 Å². The summed E-state index contributed by atoms with van der Waals surface area (Å²) in [6.45, 7) is 0.344. The van der Waals surface area contributed by atoms with Gasteiger partial charge in [0.2, 0.25) is 0 Å². The van der Waals surface area contributed by atoms with Gasteiger partial charge in [-0.25, -0.2) is 9.59 Å². The molecular weight excluding hydrogens is 359 g/mol. The second kappa shape index (κ2) is 6.96. The molecule has 1 atom stereocenters. The number of amides is 2. The van der Waals surface area contributed by atoms with E-state index in [2.05, 4.69) is 5.32 Å². The lowest BCUT2D eigenvalue weighted by atomic mass is 10.2. The topological polar surface area (TPSA) is 69.6 Å². The summed E-state index contributed by atoms with van der Waals surface area (Å²) in [7, 11) is 0. The van der Waals surface area contributed by atoms with Crippen molar-refractivity contribution in [3.8, 4) is 0 Å². The van der Waals surface area contributed by atoms with Gasteiger partial charge in [-0.05, 0) is 12.1 Å². The molecule has 2 N–H and O–H groups in total. The second-order valence-electron chi connectivity index (χ2n) is 4.30. The van der Waals surface area contributed by atoms with Crippen LogP contribution in [-0.2, 0) is 4.79 Å². The average molecular weight is 370 g/mol. The summed E-state index contributed by atoms with van der Waals surface area (Å²) in [6.07, 6.45) is 0. The summed E-state index contributed by atoms with van der Waals surface area (Å²) < 4.78 is 0. The molecule has 1 aromatic carbocycles. The highest BCUT2D eigenvalue weighted by atomic mass is 35.5. The Kier molecular flexibility index (Phi) is 5.48. The molecular formula is C12H11Cl3N2O3S. The van der Waals surface area contributed by atoms with Crippen LogP contribution in [0.1, 0.15) is 0 Å². The van der Waals surface area contributed by atoms with Crippen LogP contribution >= 0.6 is 46.6 Å². The van der Waals surface area contributed by atoms with Gasteiger partial charge in [-0.15, -0.1) is 0 Å². The Labute approximate surface area is 140 Å². The molecule has 1 aliphatic rings. The lowest BCUT2D eigenvalue weighted by Gasteiger charge is -2.32. The van der Waals surface area contributed by atoms with Crippen LogP contribution in [0.5, 0.6) is 0 Å². The average Bonchev–Trinajstić information content (AvgIpc) is 2.42. The monoisotopic (exact) mass is 368 g/mol. The standard InChI is InChI=1S/C12H11Cl3N2O3S/c13-6-3-7(14)10(8(15)4-6)16-12(20)17-1-2-21-5-9(17)11(18)19/h3-4,9H,1-2,5H2,(H,16,20)(H,18,19). The number of carbonyl (C=O) groups is 2. The number of nitrogens with zero attached hydrogens (tertiary/aromatic N) is 1. The molecule has 0 bridgehead atoms. The van der Waals surface area contributed by atoms with Crippen LogP contribution in [0.25, 0.3) is 0 Å².